The summed E-state index contributed by atoms with van der Waals surface area (Å²) in [5, 5.41) is 2.89. The Kier molecular flexibility index (Phi) is 6.95. The van der Waals surface area contributed by atoms with Crippen LogP contribution in [0.15, 0.2) is 36.4 Å². The summed E-state index contributed by atoms with van der Waals surface area (Å²) in [6, 6.07) is 11.1. The number of nitrogens with zero attached hydrogens (tertiary/aromatic N) is 2. The molecule has 7 heteroatoms. The zero-order chi connectivity index (χ0) is 21.7. The average Bonchev–Trinajstić information content (AvgIpc) is 2.75. The molecule has 0 aromatic heterocycles. The fourth-order valence-electron chi connectivity index (χ4n) is 3.45. The minimum Gasteiger partial charge on any atom is -0.497 e. The monoisotopic (exact) mass is 411 g/mol. The van der Waals surface area contributed by atoms with Crippen molar-refractivity contribution in [2.45, 2.75) is 13.8 Å². The van der Waals surface area contributed by atoms with Crippen LogP contribution in [0.25, 0.3) is 0 Å². The lowest BCUT2D eigenvalue weighted by Crippen LogP contribution is -2.50. The van der Waals surface area contributed by atoms with Crippen molar-refractivity contribution in [1.29, 1.82) is 0 Å². The second-order valence-electron chi connectivity index (χ2n) is 7.52. The number of hydrogen-bond acceptors (Lipinski definition) is 5. The SMILES string of the molecule is COc1cc(NC(=O)CN2CCN(C(=O)c3ccc(C)c(C)c3)CC2)cc(OC)c1. The van der Waals surface area contributed by atoms with Crippen LogP contribution in [-0.4, -0.2) is 68.6 Å². The summed E-state index contributed by atoms with van der Waals surface area (Å²) in [6.45, 7) is 6.84. The molecule has 0 radical (unpaired) electrons. The Morgan fingerprint density at radius 1 is 0.900 bits per heavy atom. The van der Waals surface area contributed by atoms with Crippen molar-refractivity contribution in [1.82, 2.24) is 9.80 Å². The average molecular weight is 412 g/mol. The Morgan fingerprint density at radius 2 is 1.53 bits per heavy atom. The smallest absolute Gasteiger partial charge is 0.253 e. The molecule has 0 bridgehead atoms. The van der Waals surface area contributed by atoms with Crippen molar-refractivity contribution in [3.63, 3.8) is 0 Å². The van der Waals surface area contributed by atoms with Gasteiger partial charge in [0.2, 0.25) is 5.91 Å². The molecule has 2 amide bonds. The number of carbonyl (C=O) groups excluding carboxylic acids is 2. The largest absolute Gasteiger partial charge is 0.497 e. The van der Waals surface area contributed by atoms with E-state index in [-0.39, 0.29) is 18.4 Å². The first-order valence-corrected chi connectivity index (χ1v) is 10.0. The summed E-state index contributed by atoms with van der Waals surface area (Å²) in [7, 11) is 3.14. The number of methoxy groups -OCH3 is 2. The summed E-state index contributed by atoms with van der Waals surface area (Å²) in [6.07, 6.45) is 0. The van der Waals surface area contributed by atoms with E-state index in [1.54, 1.807) is 32.4 Å². The highest BCUT2D eigenvalue weighted by Gasteiger charge is 2.23. The molecule has 0 unspecified atom stereocenters. The quantitative estimate of drug-likeness (QED) is 0.792. The number of nitrogens with one attached hydrogen (secondary N) is 1. The molecule has 1 aliphatic rings. The van der Waals surface area contributed by atoms with E-state index >= 15 is 0 Å². The highest BCUT2D eigenvalue weighted by Crippen LogP contribution is 2.25. The van der Waals surface area contributed by atoms with Crippen LogP contribution in [-0.2, 0) is 4.79 Å². The fraction of sp³-hybridized carbons (Fsp3) is 0.391. The van der Waals surface area contributed by atoms with E-state index in [9.17, 15) is 9.59 Å². The molecule has 30 heavy (non-hydrogen) atoms. The van der Waals surface area contributed by atoms with Crippen LogP contribution in [0.1, 0.15) is 21.5 Å². The number of piperazine rings is 1. The van der Waals surface area contributed by atoms with Gasteiger partial charge in [-0.05, 0) is 37.1 Å². The second-order valence-corrected chi connectivity index (χ2v) is 7.52. The van der Waals surface area contributed by atoms with Crippen molar-refractivity contribution >= 4 is 17.5 Å². The third kappa shape index (κ3) is 5.30. The van der Waals surface area contributed by atoms with Gasteiger partial charge in [0.25, 0.3) is 5.91 Å². The van der Waals surface area contributed by atoms with E-state index in [1.165, 1.54) is 5.56 Å². The van der Waals surface area contributed by atoms with Crippen LogP contribution in [0.4, 0.5) is 5.69 Å². The molecular weight excluding hydrogens is 382 g/mol. The van der Waals surface area contributed by atoms with E-state index in [4.69, 9.17) is 9.47 Å². The third-order valence-corrected chi connectivity index (χ3v) is 5.42. The standard InChI is InChI=1S/C23H29N3O4/c1-16-5-6-18(11-17(16)2)23(28)26-9-7-25(8-10-26)15-22(27)24-19-12-20(29-3)14-21(13-19)30-4/h5-6,11-14H,7-10,15H2,1-4H3,(H,24,27). The molecular formula is C23H29N3O4. The van der Waals surface area contributed by atoms with Crippen molar-refractivity contribution in [2.75, 3.05) is 52.3 Å². The fourth-order valence-corrected chi connectivity index (χ4v) is 3.45. The van der Waals surface area contributed by atoms with Crippen molar-refractivity contribution in [3.8, 4) is 11.5 Å². The number of ether oxygens (including phenoxy) is 2. The van der Waals surface area contributed by atoms with Crippen LogP contribution < -0.4 is 14.8 Å². The number of carbonyl (C=O) groups is 2. The molecule has 7 nitrogen and oxygen atoms in total. The molecule has 0 atom stereocenters. The van der Waals surface area contributed by atoms with Crippen molar-refractivity contribution in [3.05, 3.63) is 53.1 Å². The molecule has 3 rings (SSSR count). The van der Waals surface area contributed by atoms with E-state index in [1.807, 2.05) is 36.9 Å². The predicted molar refractivity (Wildman–Crippen MR) is 116 cm³/mol. The summed E-state index contributed by atoms with van der Waals surface area (Å²) < 4.78 is 10.5. The summed E-state index contributed by atoms with van der Waals surface area (Å²) in [5.74, 6) is 1.16. The number of benzene rings is 2. The lowest BCUT2D eigenvalue weighted by atomic mass is 10.1. The van der Waals surface area contributed by atoms with Gasteiger partial charge in [0.1, 0.15) is 11.5 Å². The van der Waals surface area contributed by atoms with Crippen molar-refractivity contribution in [2.24, 2.45) is 0 Å². The zero-order valence-corrected chi connectivity index (χ0v) is 18.0. The van der Waals surface area contributed by atoms with Gasteiger partial charge in [0.05, 0.1) is 20.8 Å². The van der Waals surface area contributed by atoms with Gasteiger partial charge in [-0.2, -0.15) is 0 Å². The van der Waals surface area contributed by atoms with Crippen LogP contribution in [0.2, 0.25) is 0 Å². The lowest BCUT2D eigenvalue weighted by molar-refractivity contribution is -0.117. The third-order valence-electron chi connectivity index (χ3n) is 5.42. The molecule has 1 fully saturated rings. The van der Waals surface area contributed by atoms with Gasteiger partial charge < -0.3 is 19.7 Å². The molecule has 0 spiro atoms. The minimum absolute atomic E-state index is 0.0469. The highest BCUT2D eigenvalue weighted by atomic mass is 16.5. The first kappa shape index (κ1) is 21.6. The molecule has 1 N–H and O–H groups in total. The Hall–Kier alpha value is -3.06. The topological polar surface area (TPSA) is 71.1 Å². The van der Waals surface area contributed by atoms with Gasteiger partial charge in [-0.15, -0.1) is 0 Å². The number of hydrogen-bond donors (Lipinski definition) is 1. The minimum atomic E-state index is -0.112. The Labute approximate surface area is 177 Å². The predicted octanol–water partition coefficient (Wildman–Crippen LogP) is 2.72. The maximum atomic E-state index is 12.8. The Balaban J connectivity index is 1.52. The molecule has 2 aromatic carbocycles. The van der Waals surface area contributed by atoms with E-state index in [2.05, 4.69) is 10.2 Å². The van der Waals surface area contributed by atoms with E-state index in [0.717, 1.165) is 11.1 Å². The van der Waals surface area contributed by atoms with Crippen LogP contribution >= 0.6 is 0 Å². The Bertz CT molecular complexity index is 898. The van der Waals surface area contributed by atoms with Gasteiger partial charge >= 0.3 is 0 Å². The van der Waals surface area contributed by atoms with Crippen molar-refractivity contribution < 1.29 is 19.1 Å². The molecule has 1 heterocycles. The number of amides is 2. The van der Waals surface area contributed by atoms with Gasteiger partial charge in [0.15, 0.2) is 0 Å². The van der Waals surface area contributed by atoms with Crippen LogP contribution in [0.5, 0.6) is 11.5 Å². The molecule has 0 saturated carbocycles. The lowest BCUT2D eigenvalue weighted by Gasteiger charge is -2.34. The summed E-state index contributed by atoms with van der Waals surface area (Å²) in [5.41, 5.74) is 3.64. The van der Waals surface area contributed by atoms with Gasteiger partial charge in [-0.1, -0.05) is 6.07 Å². The molecule has 160 valence electrons. The first-order chi connectivity index (χ1) is 14.4. The number of anilines is 1. The zero-order valence-electron chi connectivity index (χ0n) is 18.0. The molecule has 1 saturated heterocycles. The molecule has 2 aromatic rings. The highest BCUT2D eigenvalue weighted by molar-refractivity contribution is 5.95. The van der Waals surface area contributed by atoms with E-state index in [0.29, 0.717) is 43.4 Å². The van der Waals surface area contributed by atoms with Crippen LogP contribution in [0.3, 0.4) is 0 Å². The first-order valence-electron chi connectivity index (χ1n) is 10.0. The molecule has 1 aliphatic heterocycles. The van der Waals surface area contributed by atoms with Crippen LogP contribution in [0, 0.1) is 13.8 Å². The second kappa shape index (κ2) is 9.63. The normalized spacial score (nSPS) is 14.3. The van der Waals surface area contributed by atoms with Gasteiger partial charge in [-0.3, -0.25) is 14.5 Å². The maximum absolute atomic E-state index is 12.8. The Morgan fingerprint density at radius 3 is 2.10 bits per heavy atom. The maximum Gasteiger partial charge on any atom is 0.253 e. The number of aryl methyl sites for hydroxylation is 2. The summed E-state index contributed by atoms with van der Waals surface area (Å²) in [4.78, 5) is 29.1. The van der Waals surface area contributed by atoms with Gasteiger partial charge in [-0.25, -0.2) is 0 Å². The summed E-state index contributed by atoms with van der Waals surface area (Å²) >= 11 is 0. The number of rotatable bonds is 6. The molecule has 0 aliphatic carbocycles. The van der Waals surface area contributed by atoms with Gasteiger partial charge in [0, 0.05) is 55.6 Å². The van der Waals surface area contributed by atoms with E-state index < -0.39 is 0 Å².